The molecule has 1 aliphatic heterocycles. The van der Waals surface area contributed by atoms with E-state index in [-0.39, 0.29) is 0 Å². The monoisotopic (exact) mass is 128 g/mol. The molecule has 53 valence electrons. The number of hydrogen-bond donors (Lipinski definition) is 0. The lowest BCUT2D eigenvalue weighted by atomic mass is 10.0. The number of rotatable bonds is 3. The summed E-state index contributed by atoms with van der Waals surface area (Å²) in [5.41, 5.74) is 0. The van der Waals surface area contributed by atoms with Gasteiger partial charge in [0.1, 0.15) is 0 Å². The Kier molecular flexibility index (Phi) is 2.49. The maximum atomic E-state index is 5.00. The van der Waals surface area contributed by atoms with Crippen LogP contribution in [-0.2, 0) is 4.74 Å². The molecule has 0 N–H and O–H groups in total. The zero-order valence-electron chi connectivity index (χ0n) is 6.13. The highest BCUT2D eigenvalue weighted by molar-refractivity contribution is 4.82. The molecule has 0 aromatic carbocycles. The van der Waals surface area contributed by atoms with E-state index in [9.17, 15) is 0 Å². The third kappa shape index (κ3) is 1.66. The standard InChI is InChI=1S/C7H14NO/c1-3-8-4-7(5-8)6-9-2/h3,7H,4-6H2,1-2H3. The topological polar surface area (TPSA) is 12.5 Å². The Morgan fingerprint density at radius 3 is 2.78 bits per heavy atom. The predicted molar refractivity (Wildman–Crippen MR) is 36.9 cm³/mol. The molecule has 1 heterocycles. The van der Waals surface area contributed by atoms with E-state index in [4.69, 9.17) is 4.74 Å². The Morgan fingerprint density at radius 1 is 1.67 bits per heavy atom. The average molecular weight is 128 g/mol. The van der Waals surface area contributed by atoms with Crippen LogP contribution in [0.2, 0.25) is 0 Å². The second-order valence-corrected chi connectivity index (χ2v) is 2.53. The summed E-state index contributed by atoms with van der Waals surface area (Å²) in [6, 6.07) is 0. The normalized spacial score (nSPS) is 22.0. The summed E-state index contributed by atoms with van der Waals surface area (Å²) in [5, 5.41) is 0. The van der Waals surface area contributed by atoms with Gasteiger partial charge in [0, 0.05) is 32.7 Å². The van der Waals surface area contributed by atoms with Crippen LogP contribution in [0.25, 0.3) is 0 Å². The molecule has 0 saturated carbocycles. The van der Waals surface area contributed by atoms with Gasteiger partial charge in [-0.1, -0.05) is 0 Å². The van der Waals surface area contributed by atoms with Crippen LogP contribution < -0.4 is 0 Å². The van der Waals surface area contributed by atoms with Gasteiger partial charge in [-0.15, -0.1) is 0 Å². The van der Waals surface area contributed by atoms with E-state index < -0.39 is 0 Å². The highest BCUT2D eigenvalue weighted by Gasteiger charge is 2.24. The first-order valence-electron chi connectivity index (χ1n) is 3.39. The summed E-state index contributed by atoms with van der Waals surface area (Å²) in [7, 11) is 1.76. The van der Waals surface area contributed by atoms with E-state index in [0.29, 0.717) is 0 Å². The molecule has 1 fully saturated rings. The van der Waals surface area contributed by atoms with E-state index in [1.54, 1.807) is 7.11 Å². The molecule has 0 amide bonds. The van der Waals surface area contributed by atoms with Crippen LogP contribution >= 0.6 is 0 Å². The summed E-state index contributed by atoms with van der Waals surface area (Å²) in [6.45, 7) is 7.49. The minimum atomic E-state index is 0.784. The van der Waals surface area contributed by atoms with Gasteiger partial charge in [-0.05, 0) is 6.92 Å². The van der Waals surface area contributed by atoms with Crippen molar-refractivity contribution in [1.82, 2.24) is 4.90 Å². The molecule has 1 rings (SSSR count). The summed E-state index contributed by atoms with van der Waals surface area (Å²) in [5.74, 6) is 0.784. The van der Waals surface area contributed by atoms with E-state index in [1.165, 1.54) is 13.1 Å². The predicted octanol–water partition coefficient (Wildman–Crippen LogP) is 0.746. The molecule has 0 aromatic rings. The molecule has 0 aromatic heterocycles. The van der Waals surface area contributed by atoms with Crippen LogP contribution in [0.1, 0.15) is 6.92 Å². The molecule has 1 aliphatic rings. The van der Waals surface area contributed by atoms with Crippen molar-refractivity contribution in [1.29, 1.82) is 0 Å². The van der Waals surface area contributed by atoms with Gasteiger partial charge >= 0.3 is 0 Å². The highest BCUT2D eigenvalue weighted by atomic mass is 16.5. The van der Waals surface area contributed by atoms with Gasteiger partial charge in [-0.3, -0.25) is 4.90 Å². The van der Waals surface area contributed by atoms with Gasteiger partial charge in [-0.25, -0.2) is 0 Å². The van der Waals surface area contributed by atoms with Crippen LogP contribution in [0.5, 0.6) is 0 Å². The van der Waals surface area contributed by atoms with Crippen LogP contribution in [0.3, 0.4) is 0 Å². The lowest BCUT2D eigenvalue weighted by molar-refractivity contribution is 0.0537. The van der Waals surface area contributed by atoms with E-state index >= 15 is 0 Å². The first-order chi connectivity index (χ1) is 4.36. The molecule has 2 heteroatoms. The van der Waals surface area contributed by atoms with Crippen LogP contribution in [0, 0.1) is 12.5 Å². The van der Waals surface area contributed by atoms with Gasteiger partial charge in [0.05, 0.1) is 6.61 Å². The maximum absolute atomic E-state index is 5.00. The summed E-state index contributed by atoms with van der Waals surface area (Å²) in [4.78, 5) is 2.30. The van der Waals surface area contributed by atoms with Crippen molar-refractivity contribution in [3.8, 4) is 0 Å². The molecule has 1 saturated heterocycles. The quantitative estimate of drug-likeness (QED) is 0.556. The highest BCUT2D eigenvalue weighted by Crippen LogP contribution is 2.15. The van der Waals surface area contributed by atoms with Crippen molar-refractivity contribution in [2.75, 3.05) is 26.8 Å². The molecule has 0 atom stereocenters. The summed E-state index contributed by atoms with van der Waals surface area (Å²) < 4.78 is 5.00. The molecular formula is C7H14NO. The van der Waals surface area contributed by atoms with E-state index in [1.807, 2.05) is 0 Å². The van der Waals surface area contributed by atoms with E-state index in [0.717, 1.165) is 12.5 Å². The molecular weight excluding hydrogens is 114 g/mol. The Hall–Kier alpha value is -0.0800. The first kappa shape index (κ1) is 7.03. The summed E-state index contributed by atoms with van der Waals surface area (Å²) >= 11 is 0. The Bertz CT molecular complexity index is 79.0. The Morgan fingerprint density at radius 2 is 2.33 bits per heavy atom. The Balaban J connectivity index is 1.98. The number of hydrogen-bond acceptors (Lipinski definition) is 2. The molecule has 2 nitrogen and oxygen atoms in total. The van der Waals surface area contributed by atoms with Crippen LogP contribution in [0.4, 0.5) is 0 Å². The van der Waals surface area contributed by atoms with Crippen molar-refractivity contribution in [3.05, 3.63) is 6.54 Å². The number of ether oxygens (including phenoxy) is 1. The molecule has 9 heavy (non-hydrogen) atoms. The second kappa shape index (κ2) is 3.18. The van der Waals surface area contributed by atoms with Crippen LogP contribution in [0.15, 0.2) is 0 Å². The molecule has 0 bridgehead atoms. The van der Waals surface area contributed by atoms with Gasteiger partial charge in [0.25, 0.3) is 0 Å². The van der Waals surface area contributed by atoms with Gasteiger partial charge < -0.3 is 4.74 Å². The van der Waals surface area contributed by atoms with Gasteiger partial charge in [0.15, 0.2) is 0 Å². The fraction of sp³-hybridized carbons (Fsp3) is 0.857. The fourth-order valence-corrected chi connectivity index (χ4v) is 1.16. The van der Waals surface area contributed by atoms with Crippen molar-refractivity contribution in [2.45, 2.75) is 6.92 Å². The summed E-state index contributed by atoms with van der Waals surface area (Å²) in [6.07, 6.45) is 0. The van der Waals surface area contributed by atoms with Gasteiger partial charge in [0.2, 0.25) is 0 Å². The molecule has 0 unspecified atom stereocenters. The first-order valence-corrected chi connectivity index (χ1v) is 3.39. The zero-order valence-corrected chi connectivity index (χ0v) is 6.13. The minimum absolute atomic E-state index is 0.784. The number of methoxy groups -OCH3 is 1. The third-order valence-electron chi connectivity index (χ3n) is 1.75. The largest absolute Gasteiger partial charge is 0.384 e. The van der Waals surface area contributed by atoms with Crippen LogP contribution in [-0.4, -0.2) is 31.7 Å². The van der Waals surface area contributed by atoms with Crippen molar-refractivity contribution in [3.63, 3.8) is 0 Å². The molecule has 0 spiro atoms. The fourth-order valence-electron chi connectivity index (χ4n) is 1.16. The number of nitrogens with zero attached hydrogens (tertiary/aromatic N) is 1. The average Bonchev–Trinajstić information content (AvgIpc) is 1.77. The molecule has 0 aliphatic carbocycles. The second-order valence-electron chi connectivity index (χ2n) is 2.53. The smallest absolute Gasteiger partial charge is 0.0515 e. The van der Waals surface area contributed by atoms with Crippen molar-refractivity contribution >= 4 is 0 Å². The Labute approximate surface area is 56.8 Å². The minimum Gasteiger partial charge on any atom is -0.384 e. The van der Waals surface area contributed by atoms with E-state index in [2.05, 4.69) is 18.4 Å². The SMILES string of the molecule is C[CH]N1CC(COC)C1. The molecule has 1 radical (unpaired) electrons. The lowest BCUT2D eigenvalue weighted by Gasteiger charge is -2.37. The maximum Gasteiger partial charge on any atom is 0.0515 e. The lowest BCUT2D eigenvalue weighted by Crippen LogP contribution is -2.46. The zero-order chi connectivity index (χ0) is 6.69. The van der Waals surface area contributed by atoms with Crippen molar-refractivity contribution in [2.24, 2.45) is 5.92 Å². The number of likely N-dealkylation sites (tertiary alicyclic amines) is 1. The van der Waals surface area contributed by atoms with Gasteiger partial charge in [-0.2, -0.15) is 0 Å². The third-order valence-corrected chi connectivity index (χ3v) is 1.75. The van der Waals surface area contributed by atoms with Crippen molar-refractivity contribution < 1.29 is 4.74 Å².